The molecule has 0 bridgehead atoms. The highest BCUT2D eigenvalue weighted by Gasteiger charge is 2.15. The number of fused-ring (bicyclic) bond motifs is 1. The minimum Gasteiger partial charge on any atom is -0.451 e. The molecule has 138 valence electrons. The Kier molecular flexibility index (Phi) is 4.80. The Balaban J connectivity index is 1.47. The van der Waals surface area contributed by atoms with Gasteiger partial charge in [-0.3, -0.25) is 9.59 Å². The van der Waals surface area contributed by atoms with E-state index in [1.807, 2.05) is 4.90 Å². The number of morpholine rings is 1. The minimum atomic E-state index is -0.468. The van der Waals surface area contributed by atoms with Crippen molar-refractivity contribution in [3.05, 3.63) is 64.3 Å². The Hall–Kier alpha value is -3.26. The Bertz CT molecular complexity index is 1030. The molecule has 0 saturated carbocycles. The number of aromatic nitrogens is 2. The van der Waals surface area contributed by atoms with Gasteiger partial charge in [0.15, 0.2) is 11.2 Å². The summed E-state index contributed by atoms with van der Waals surface area (Å²) in [5.41, 5.74) is 0.799. The molecule has 1 amide bonds. The highest BCUT2D eigenvalue weighted by molar-refractivity contribution is 5.93. The molecular formula is C19H18N4O4. The Labute approximate surface area is 154 Å². The quantitative estimate of drug-likeness (QED) is 0.744. The van der Waals surface area contributed by atoms with Crippen LogP contribution in [0.1, 0.15) is 16.2 Å². The second kappa shape index (κ2) is 7.55. The van der Waals surface area contributed by atoms with Crippen LogP contribution >= 0.6 is 0 Å². The first kappa shape index (κ1) is 17.2. The van der Waals surface area contributed by atoms with Gasteiger partial charge in [-0.15, -0.1) is 0 Å². The first-order valence-corrected chi connectivity index (χ1v) is 8.66. The first-order chi connectivity index (χ1) is 13.2. The third kappa shape index (κ3) is 3.80. The number of anilines is 1. The van der Waals surface area contributed by atoms with Crippen LogP contribution in [0.5, 0.6) is 0 Å². The maximum Gasteiger partial charge on any atom is 0.287 e. The number of nitrogens with zero attached hydrogens (tertiary/aromatic N) is 3. The van der Waals surface area contributed by atoms with Crippen LogP contribution in [-0.2, 0) is 11.3 Å². The normalized spacial score (nSPS) is 14.3. The molecule has 8 nitrogen and oxygen atoms in total. The van der Waals surface area contributed by atoms with Crippen molar-refractivity contribution in [1.82, 2.24) is 15.3 Å². The zero-order valence-electron chi connectivity index (χ0n) is 14.6. The van der Waals surface area contributed by atoms with E-state index in [9.17, 15) is 9.59 Å². The molecule has 0 aliphatic carbocycles. The van der Waals surface area contributed by atoms with Crippen molar-refractivity contribution < 1.29 is 13.9 Å². The van der Waals surface area contributed by atoms with Gasteiger partial charge < -0.3 is 19.4 Å². The molecule has 0 atom stereocenters. The van der Waals surface area contributed by atoms with E-state index in [-0.39, 0.29) is 17.7 Å². The van der Waals surface area contributed by atoms with Gasteiger partial charge in [0, 0.05) is 25.4 Å². The van der Waals surface area contributed by atoms with E-state index in [1.165, 1.54) is 6.07 Å². The fraction of sp³-hybridized carbons (Fsp3) is 0.263. The molecule has 2 aromatic heterocycles. The number of carbonyl (C=O) groups excluding carboxylic acids is 1. The largest absolute Gasteiger partial charge is 0.451 e. The third-order valence-corrected chi connectivity index (χ3v) is 4.28. The van der Waals surface area contributed by atoms with E-state index in [0.717, 1.165) is 13.1 Å². The molecule has 1 fully saturated rings. The van der Waals surface area contributed by atoms with Gasteiger partial charge in [-0.2, -0.15) is 0 Å². The van der Waals surface area contributed by atoms with Crippen LogP contribution in [-0.4, -0.2) is 42.2 Å². The second-order valence-corrected chi connectivity index (χ2v) is 6.10. The van der Waals surface area contributed by atoms with E-state index in [2.05, 4.69) is 15.3 Å². The molecular weight excluding hydrogens is 348 g/mol. The van der Waals surface area contributed by atoms with Crippen LogP contribution in [0.15, 0.2) is 51.8 Å². The van der Waals surface area contributed by atoms with Crippen LogP contribution in [0, 0.1) is 0 Å². The average molecular weight is 366 g/mol. The number of benzene rings is 1. The van der Waals surface area contributed by atoms with Gasteiger partial charge in [-0.25, -0.2) is 9.97 Å². The van der Waals surface area contributed by atoms with Crippen LogP contribution in [0.2, 0.25) is 0 Å². The minimum absolute atomic E-state index is 0.0267. The highest BCUT2D eigenvalue weighted by atomic mass is 16.5. The van der Waals surface area contributed by atoms with Gasteiger partial charge in [-0.05, 0) is 18.2 Å². The average Bonchev–Trinajstić information content (AvgIpc) is 2.73. The Morgan fingerprint density at radius 1 is 1.19 bits per heavy atom. The van der Waals surface area contributed by atoms with E-state index in [0.29, 0.717) is 35.8 Å². The van der Waals surface area contributed by atoms with E-state index in [4.69, 9.17) is 9.15 Å². The molecule has 0 unspecified atom stereocenters. The number of nitrogens with one attached hydrogen (secondary N) is 1. The topological polar surface area (TPSA) is 97.6 Å². The summed E-state index contributed by atoms with van der Waals surface area (Å²) in [4.78, 5) is 35.3. The Morgan fingerprint density at radius 2 is 2.00 bits per heavy atom. The Morgan fingerprint density at radius 3 is 2.85 bits per heavy atom. The fourth-order valence-corrected chi connectivity index (χ4v) is 2.87. The van der Waals surface area contributed by atoms with Crippen molar-refractivity contribution in [2.75, 3.05) is 31.2 Å². The summed E-state index contributed by atoms with van der Waals surface area (Å²) >= 11 is 0. The molecule has 0 radical (unpaired) electrons. The lowest BCUT2D eigenvalue weighted by Gasteiger charge is -2.26. The molecule has 3 aromatic rings. The van der Waals surface area contributed by atoms with Gasteiger partial charge in [0.1, 0.15) is 5.58 Å². The van der Waals surface area contributed by atoms with Gasteiger partial charge in [-0.1, -0.05) is 12.1 Å². The SMILES string of the molecule is O=C(NCc1ccnc(N2CCOCC2)n1)c1cc(=O)c2ccccc2o1. The van der Waals surface area contributed by atoms with Gasteiger partial charge >= 0.3 is 0 Å². The molecule has 1 aliphatic rings. The van der Waals surface area contributed by atoms with Crippen LogP contribution in [0.3, 0.4) is 0 Å². The molecule has 4 rings (SSSR count). The van der Waals surface area contributed by atoms with E-state index in [1.54, 1.807) is 36.5 Å². The lowest BCUT2D eigenvalue weighted by molar-refractivity contribution is 0.0923. The van der Waals surface area contributed by atoms with E-state index >= 15 is 0 Å². The summed E-state index contributed by atoms with van der Waals surface area (Å²) in [7, 11) is 0. The zero-order chi connectivity index (χ0) is 18.6. The molecule has 8 heteroatoms. The monoisotopic (exact) mass is 366 g/mol. The van der Waals surface area contributed by atoms with Crippen molar-refractivity contribution >= 4 is 22.8 Å². The predicted molar refractivity (Wildman–Crippen MR) is 98.7 cm³/mol. The van der Waals surface area contributed by atoms with Crippen molar-refractivity contribution in [2.45, 2.75) is 6.54 Å². The number of ether oxygens (including phenoxy) is 1. The maximum atomic E-state index is 12.4. The number of amides is 1. The van der Waals surface area contributed by atoms with Crippen LogP contribution in [0.4, 0.5) is 5.95 Å². The summed E-state index contributed by atoms with van der Waals surface area (Å²) in [6.45, 7) is 2.96. The predicted octanol–water partition coefficient (Wildman–Crippen LogP) is 1.35. The van der Waals surface area contributed by atoms with Crippen molar-refractivity contribution in [2.24, 2.45) is 0 Å². The maximum absolute atomic E-state index is 12.4. The smallest absolute Gasteiger partial charge is 0.287 e. The summed E-state index contributed by atoms with van der Waals surface area (Å²) in [5, 5.41) is 3.18. The van der Waals surface area contributed by atoms with E-state index < -0.39 is 5.91 Å². The lowest BCUT2D eigenvalue weighted by Crippen LogP contribution is -2.37. The summed E-state index contributed by atoms with van der Waals surface area (Å²) in [6.07, 6.45) is 1.66. The first-order valence-electron chi connectivity index (χ1n) is 8.66. The second-order valence-electron chi connectivity index (χ2n) is 6.10. The molecule has 27 heavy (non-hydrogen) atoms. The molecule has 1 aromatic carbocycles. The molecule has 3 heterocycles. The lowest BCUT2D eigenvalue weighted by atomic mass is 10.2. The molecule has 0 spiro atoms. The van der Waals surface area contributed by atoms with Crippen LogP contribution in [0.25, 0.3) is 11.0 Å². The standard InChI is InChI=1S/C19H18N4O4/c24-15-11-17(27-16-4-2-1-3-14(15)16)18(25)21-12-13-5-6-20-19(22-13)23-7-9-26-10-8-23/h1-6,11H,7-10,12H2,(H,21,25). The van der Waals surface area contributed by atoms with Crippen LogP contribution < -0.4 is 15.6 Å². The highest BCUT2D eigenvalue weighted by Crippen LogP contribution is 2.12. The number of rotatable bonds is 4. The third-order valence-electron chi connectivity index (χ3n) is 4.28. The number of para-hydroxylation sites is 1. The van der Waals surface area contributed by atoms with Crippen molar-refractivity contribution in [3.63, 3.8) is 0 Å². The molecule has 1 saturated heterocycles. The fourth-order valence-electron chi connectivity index (χ4n) is 2.87. The number of hydrogen-bond acceptors (Lipinski definition) is 7. The van der Waals surface area contributed by atoms with Crippen molar-refractivity contribution in [1.29, 1.82) is 0 Å². The summed E-state index contributed by atoms with van der Waals surface area (Å²) in [6, 6.07) is 9.77. The number of carbonyl (C=O) groups is 1. The van der Waals surface area contributed by atoms with Gasteiger partial charge in [0.05, 0.1) is 30.8 Å². The van der Waals surface area contributed by atoms with Gasteiger partial charge in [0.2, 0.25) is 5.95 Å². The number of hydrogen-bond donors (Lipinski definition) is 1. The summed E-state index contributed by atoms with van der Waals surface area (Å²) in [5.74, 6) is 0.118. The molecule has 1 aliphatic heterocycles. The zero-order valence-corrected chi connectivity index (χ0v) is 14.6. The van der Waals surface area contributed by atoms with Gasteiger partial charge in [0.25, 0.3) is 5.91 Å². The molecule has 1 N–H and O–H groups in total. The summed E-state index contributed by atoms with van der Waals surface area (Å²) < 4.78 is 10.9. The van der Waals surface area contributed by atoms with Crippen molar-refractivity contribution in [3.8, 4) is 0 Å².